The van der Waals surface area contributed by atoms with Crippen molar-refractivity contribution in [3.05, 3.63) is 19.1 Å². The molecule has 0 aliphatic heterocycles. The van der Waals surface area contributed by atoms with Crippen LogP contribution in [0.5, 0.6) is 0 Å². The predicted octanol–water partition coefficient (Wildman–Crippen LogP) is 2.13. The average molecular weight is 178 g/mol. The fourth-order valence-electron chi connectivity index (χ4n) is 0.319. The molecular weight excluding hydrogens is 168 g/mol. The van der Waals surface area contributed by atoms with Gasteiger partial charge in [-0.15, -0.1) is 0 Å². The molecule has 1 unspecified atom stereocenters. The molecule has 0 aromatic carbocycles. The lowest BCUT2D eigenvalue weighted by atomic mass is 10.5. The van der Waals surface area contributed by atoms with Gasteiger partial charge in [0.25, 0.3) is 0 Å². The standard InChI is InChI=1S/C6H10BrO/c1-3-5-6(7)8-4-2/h3,5-6H,2,4H2,1H3. The van der Waals surface area contributed by atoms with Crippen LogP contribution in [0.3, 0.4) is 0 Å². The molecule has 0 saturated carbocycles. The van der Waals surface area contributed by atoms with Crippen LogP contribution in [0.4, 0.5) is 0 Å². The highest BCUT2D eigenvalue weighted by molar-refractivity contribution is 9.09. The molecule has 1 atom stereocenters. The largest absolute Gasteiger partial charge is 0.363 e. The maximum Gasteiger partial charge on any atom is 0.130 e. The third-order valence-electron chi connectivity index (χ3n) is 0.621. The van der Waals surface area contributed by atoms with Gasteiger partial charge in [0.05, 0.1) is 0 Å². The van der Waals surface area contributed by atoms with E-state index in [1.54, 1.807) is 0 Å². The molecule has 8 heavy (non-hydrogen) atoms. The molecule has 2 heteroatoms. The first-order chi connectivity index (χ1) is 3.81. The minimum absolute atomic E-state index is 0.0324. The molecule has 0 aliphatic rings. The minimum Gasteiger partial charge on any atom is -0.363 e. The van der Waals surface area contributed by atoms with Gasteiger partial charge < -0.3 is 4.74 Å². The zero-order valence-corrected chi connectivity index (χ0v) is 6.52. The van der Waals surface area contributed by atoms with E-state index in [2.05, 4.69) is 22.9 Å². The zero-order valence-electron chi connectivity index (χ0n) is 4.93. The average Bonchev–Trinajstić information content (AvgIpc) is 1.68. The van der Waals surface area contributed by atoms with Crippen molar-refractivity contribution in [1.82, 2.24) is 0 Å². The third-order valence-corrected chi connectivity index (χ3v) is 1.19. The molecule has 1 nitrogen and oxygen atoms in total. The van der Waals surface area contributed by atoms with Crippen molar-refractivity contribution in [3.63, 3.8) is 0 Å². The number of hydrogen-bond donors (Lipinski definition) is 0. The third kappa shape index (κ3) is 4.34. The second-order valence-electron chi connectivity index (χ2n) is 1.25. The van der Waals surface area contributed by atoms with Gasteiger partial charge in [0.2, 0.25) is 0 Å². The van der Waals surface area contributed by atoms with E-state index in [1.807, 2.05) is 19.1 Å². The fraction of sp³-hybridized carbons (Fsp3) is 0.500. The normalized spacial score (nSPS) is 14.9. The highest BCUT2D eigenvalue weighted by Crippen LogP contribution is 2.01. The summed E-state index contributed by atoms with van der Waals surface area (Å²) in [5.74, 6) is 0. The summed E-state index contributed by atoms with van der Waals surface area (Å²) < 4.78 is 5.00. The highest BCUT2D eigenvalue weighted by atomic mass is 79.9. The summed E-state index contributed by atoms with van der Waals surface area (Å²) >= 11 is 3.25. The lowest BCUT2D eigenvalue weighted by Gasteiger charge is -2.01. The predicted molar refractivity (Wildman–Crippen MR) is 38.8 cm³/mol. The Kier molecular flexibility index (Phi) is 5.44. The Labute approximate surface area is 58.9 Å². The van der Waals surface area contributed by atoms with Crippen LogP contribution in [0.1, 0.15) is 6.92 Å². The van der Waals surface area contributed by atoms with Gasteiger partial charge in [-0.1, -0.05) is 22.0 Å². The Morgan fingerprint density at radius 1 is 1.88 bits per heavy atom. The number of rotatable bonds is 3. The molecule has 0 heterocycles. The van der Waals surface area contributed by atoms with Crippen LogP contribution in [0.25, 0.3) is 0 Å². The molecule has 0 aromatic rings. The second kappa shape index (κ2) is 5.32. The van der Waals surface area contributed by atoms with E-state index in [0.717, 1.165) is 0 Å². The SMILES string of the molecule is [CH2]COC(Br)C=CC. The number of allylic oxidation sites excluding steroid dienone is 1. The van der Waals surface area contributed by atoms with E-state index in [9.17, 15) is 0 Å². The second-order valence-corrected chi connectivity index (χ2v) is 2.15. The van der Waals surface area contributed by atoms with Gasteiger partial charge in [0, 0.05) is 6.61 Å². The zero-order chi connectivity index (χ0) is 6.41. The molecule has 0 aliphatic carbocycles. The van der Waals surface area contributed by atoms with Crippen molar-refractivity contribution in [2.75, 3.05) is 6.61 Å². The topological polar surface area (TPSA) is 9.23 Å². The van der Waals surface area contributed by atoms with Crippen molar-refractivity contribution in [1.29, 1.82) is 0 Å². The fourth-order valence-corrected chi connectivity index (χ4v) is 0.812. The molecule has 1 radical (unpaired) electrons. The minimum atomic E-state index is 0.0324. The molecule has 0 rings (SSSR count). The van der Waals surface area contributed by atoms with Crippen LogP contribution < -0.4 is 0 Å². The number of hydrogen-bond acceptors (Lipinski definition) is 1. The quantitative estimate of drug-likeness (QED) is 0.475. The number of halogens is 1. The Morgan fingerprint density at radius 3 is 2.88 bits per heavy atom. The van der Waals surface area contributed by atoms with Crippen LogP contribution >= 0.6 is 15.9 Å². The molecule has 0 fully saturated rings. The summed E-state index contributed by atoms with van der Waals surface area (Å²) in [5, 5.41) is 0.0324. The monoisotopic (exact) mass is 177 g/mol. The van der Waals surface area contributed by atoms with Gasteiger partial charge in [-0.3, -0.25) is 0 Å². The van der Waals surface area contributed by atoms with Crippen LogP contribution in [0.15, 0.2) is 12.2 Å². The van der Waals surface area contributed by atoms with Crippen molar-refractivity contribution in [2.24, 2.45) is 0 Å². The van der Waals surface area contributed by atoms with Crippen LogP contribution in [-0.2, 0) is 4.74 Å². The van der Waals surface area contributed by atoms with Crippen molar-refractivity contribution in [3.8, 4) is 0 Å². The molecule has 0 spiro atoms. The lowest BCUT2D eigenvalue weighted by molar-refractivity contribution is 0.173. The van der Waals surface area contributed by atoms with Gasteiger partial charge in [-0.2, -0.15) is 0 Å². The van der Waals surface area contributed by atoms with E-state index in [-0.39, 0.29) is 5.01 Å². The van der Waals surface area contributed by atoms with E-state index < -0.39 is 0 Å². The smallest absolute Gasteiger partial charge is 0.130 e. The molecule has 0 amide bonds. The summed E-state index contributed by atoms with van der Waals surface area (Å²) in [6, 6.07) is 0. The Bertz CT molecular complexity index is 70.9. The summed E-state index contributed by atoms with van der Waals surface area (Å²) in [5.41, 5.74) is 0. The molecular formula is C6H10BrO. The van der Waals surface area contributed by atoms with Gasteiger partial charge in [-0.05, 0) is 19.9 Å². The van der Waals surface area contributed by atoms with E-state index in [1.165, 1.54) is 0 Å². The van der Waals surface area contributed by atoms with Crippen molar-refractivity contribution in [2.45, 2.75) is 11.9 Å². The van der Waals surface area contributed by atoms with Gasteiger partial charge in [0.1, 0.15) is 5.01 Å². The van der Waals surface area contributed by atoms with E-state index >= 15 is 0 Å². The van der Waals surface area contributed by atoms with Crippen molar-refractivity contribution < 1.29 is 4.74 Å². The van der Waals surface area contributed by atoms with Crippen molar-refractivity contribution >= 4 is 15.9 Å². The first kappa shape index (κ1) is 8.18. The van der Waals surface area contributed by atoms with Crippen LogP contribution in [0, 0.1) is 6.92 Å². The summed E-state index contributed by atoms with van der Waals surface area (Å²) in [6.07, 6.45) is 3.83. The summed E-state index contributed by atoms with van der Waals surface area (Å²) in [6.45, 7) is 5.97. The number of ether oxygens (including phenoxy) is 1. The van der Waals surface area contributed by atoms with E-state index in [0.29, 0.717) is 6.61 Å². The maximum absolute atomic E-state index is 5.00. The maximum atomic E-state index is 5.00. The lowest BCUT2D eigenvalue weighted by Crippen LogP contribution is -1.98. The Hall–Kier alpha value is 0.180. The van der Waals surface area contributed by atoms with Crippen LogP contribution in [-0.4, -0.2) is 11.6 Å². The first-order valence-corrected chi connectivity index (χ1v) is 3.40. The molecule has 47 valence electrons. The first-order valence-electron chi connectivity index (χ1n) is 2.49. The van der Waals surface area contributed by atoms with Gasteiger partial charge in [-0.25, -0.2) is 0 Å². The highest BCUT2D eigenvalue weighted by Gasteiger charge is 1.91. The molecule has 0 N–H and O–H groups in total. The molecule has 0 aromatic heterocycles. The summed E-state index contributed by atoms with van der Waals surface area (Å²) in [7, 11) is 0. The molecule has 0 bridgehead atoms. The molecule has 0 saturated heterocycles. The Morgan fingerprint density at radius 2 is 2.50 bits per heavy atom. The van der Waals surface area contributed by atoms with Crippen LogP contribution in [0.2, 0.25) is 0 Å². The van der Waals surface area contributed by atoms with E-state index in [4.69, 9.17) is 4.74 Å². The summed E-state index contributed by atoms with van der Waals surface area (Å²) in [4.78, 5) is 0. The number of alkyl halides is 1. The van der Waals surface area contributed by atoms with Gasteiger partial charge >= 0.3 is 0 Å². The van der Waals surface area contributed by atoms with Gasteiger partial charge in [0.15, 0.2) is 0 Å². The Balaban J connectivity index is 3.17.